The van der Waals surface area contributed by atoms with E-state index in [-0.39, 0.29) is 12.0 Å². The van der Waals surface area contributed by atoms with Gasteiger partial charge in [0.2, 0.25) is 0 Å². The van der Waals surface area contributed by atoms with Gasteiger partial charge < -0.3 is 9.47 Å². The molecule has 2 aromatic carbocycles. The number of hydrogen-bond donors (Lipinski definition) is 1. The van der Waals surface area contributed by atoms with Gasteiger partial charge >= 0.3 is 0 Å². The van der Waals surface area contributed by atoms with Gasteiger partial charge in [0.15, 0.2) is 5.13 Å². The third kappa shape index (κ3) is 3.72. The van der Waals surface area contributed by atoms with Crippen LogP contribution in [-0.4, -0.2) is 36.3 Å². The van der Waals surface area contributed by atoms with Crippen LogP contribution in [0.2, 0.25) is 0 Å². The summed E-state index contributed by atoms with van der Waals surface area (Å²) in [5.41, 5.74) is 0.924. The van der Waals surface area contributed by atoms with Crippen molar-refractivity contribution in [3.63, 3.8) is 0 Å². The Morgan fingerprint density at radius 3 is 3.08 bits per heavy atom. The first kappa shape index (κ1) is 17.4. The van der Waals surface area contributed by atoms with Crippen molar-refractivity contribution < 1.29 is 14.3 Å². The lowest BCUT2D eigenvalue weighted by Gasteiger charge is -2.23. The van der Waals surface area contributed by atoms with Crippen molar-refractivity contribution in [1.29, 1.82) is 0 Å². The monoisotopic (exact) mass is 370 g/mol. The topological polar surface area (TPSA) is 60.5 Å². The third-order valence-corrected chi connectivity index (χ3v) is 5.63. The number of carbonyl (C=O) groups excluding carboxylic acids is 1. The molecule has 6 heteroatoms. The van der Waals surface area contributed by atoms with Crippen LogP contribution in [0.1, 0.15) is 26.2 Å². The molecule has 1 aromatic heterocycles. The molecule has 0 aliphatic carbocycles. The summed E-state index contributed by atoms with van der Waals surface area (Å²) in [7, 11) is 0. The number of fused-ring (bicyclic) bond motifs is 3. The first-order valence-corrected chi connectivity index (χ1v) is 9.85. The van der Waals surface area contributed by atoms with Crippen LogP contribution < -0.4 is 5.32 Å². The van der Waals surface area contributed by atoms with Crippen molar-refractivity contribution >= 4 is 43.4 Å². The highest BCUT2D eigenvalue weighted by Crippen LogP contribution is 2.31. The van der Waals surface area contributed by atoms with E-state index in [9.17, 15) is 4.79 Å². The van der Waals surface area contributed by atoms with Gasteiger partial charge in [0.25, 0.3) is 5.91 Å². The summed E-state index contributed by atoms with van der Waals surface area (Å²) in [5, 5.41) is 5.73. The first-order valence-electron chi connectivity index (χ1n) is 9.03. The van der Waals surface area contributed by atoms with Crippen molar-refractivity contribution in [1.82, 2.24) is 4.98 Å². The summed E-state index contributed by atoms with van der Waals surface area (Å²) in [6.45, 7) is 3.01. The van der Waals surface area contributed by atoms with Crippen LogP contribution in [0.4, 0.5) is 5.13 Å². The quantitative estimate of drug-likeness (QED) is 0.725. The van der Waals surface area contributed by atoms with Crippen molar-refractivity contribution in [3.05, 3.63) is 36.4 Å². The fourth-order valence-electron chi connectivity index (χ4n) is 3.19. The van der Waals surface area contributed by atoms with Crippen LogP contribution in [0, 0.1) is 0 Å². The van der Waals surface area contributed by atoms with Crippen LogP contribution in [0.3, 0.4) is 0 Å². The Bertz CT molecular complexity index is 918. The number of nitrogens with zero attached hydrogens (tertiary/aromatic N) is 1. The fourth-order valence-corrected chi connectivity index (χ4v) is 4.07. The molecule has 0 radical (unpaired) electrons. The van der Waals surface area contributed by atoms with E-state index >= 15 is 0 Å². The van der Waals surface area contributed by atoms with E-state index in [0.717, 1.165) is 46.9 Å². The minimum Gasteiger partial charge on any atom is -0.376 e. The molecule has 2 unspecified atom stereocenters. The second-order valence-corrected chi connectivity index (χ2v) is 7.64. The summed E-state index contributed by atoms with van der Waals surface area (Å²) < 4.78 is 12.4. The van der Waals surface area contributed by atoms with E-state index in [4.69, 9.17) is 9.47 Å². The minimum absolute atomic E-state index is 0.104. The van der Waals surface area contributed by atoms with Gasteiger partial charge in [0.1, 0.15) is 6.10 Å². The van der Waals surface area contributed by atoms with E-state index in [2.05, 4.69) is 28.5 Å². The molecule has 1 fully saturated rings. The molecule has 0 spiro atoms. The fraction of sp³-hybridized carbons (Fsp3) is 0.400. The number of thiazole rings is 1. The maximum atomic E-state index is 12.4. The molecular formula is C20H22N2O3S. The van der Waals surface area contributed by atoms with E-state index in [1.807, 2.05) is 18.2 Å². The normalized spacial score (nSPS) is 18.9. The standard InChI is InChI=1S/C20H22N2O3S/c1-13(25-12-15-7-4-5-11-24-15)19(23)22-20-21-18-16-8-3-2-6-14(16)9-10-17(18)26-20/h2-3,6,8-10,13,15H,4-5,7,11-12H2,1H3,(H,21,22,23). The van der Waals surface area contributed by atoms with Crippen molar-refractivity contribution in [2.45, 2.75) is 38.4 Å². The summed E-state index contributed by atoms with van der Waals surface area (Å²) in [4.78, 5) is 17.0. The van der Waals surface area contributed by atoms with Crippen molar-refractivity contribution in [3.8, 4) is 0 Å². The predicted molar refractivity (Wildman–Crippen MR) is 105 cm³/mol. The molecular weight excluding hydrogens is 348 g/mol. The average molecular weight is 370 g/mol. The maximum absolute atomic E-state index is 12.4. The number of amides is 1. The smallest absolute Gasteiger partial charge is 0.254 e. The average Bonchev–Trinajstić information content (AvgIpc) is 3.10. The molecule has 2 heterocycles. The molecule has 1 N–H and O–H groups in total. The Morgan fingerprint density at radius 1 is 1.35 bits per heavy atom. The lowest BCUT2D eigenvalue weighted by atomic mass is 10.1. The molecule has 2 atom stereocenters. The predicted octanol–water partition coefficient (Wildman–Crippen LogP) is 4.36. The second kappa shape index (κ2) is 7.70. The minimum atomic E-state index is -0.538. The maximum Gasteiger partial charge on any atom is 0.254 e. The first-order chi connectivity index (χ1) is 12.7. The molecule has 0 saturated carbocycles. The summed E-state index contributed by atoms with van der Waals surface area (Å²) >= 11 is 1.48. The van der Waals surface area contributed by atoms with Gasteiger partial charge in [-0.3, -0.25) is 10.1 Å². The zero-order chi connectivity index (χ0) is 17.9. The number of carbonyl (C=O) groups is 1. The van der Waals surface area contributed by atoms with E-state index < -0.39 is 6.10 Å². The molecule has 1 aliphatic heterocycles. The van der Waals surface area contributed by atoms with Gasteiger partial charge in [-0.1, -0.05) is 41.7 Å². The van der Waals surface area contributed by atoms with E-state index in [1.54, 1.807) is 6.92 Å². The summed E-state index contributed by atoms with van der Waals surface area (Å²) in [6, 6.07) is 12.3. The van der Waals surface area contributed by atoms with Crippen molar-refractivity contribution in [2.75, 3.05) is 18.5 Å². The zero-order valence-electron chi connectivity index (χ0n) is 14.7. The van der Waals surface area contributed by atoms with Gasteiger partial charge in [-0.05, 0) is 37.6 Å². The zero-order valence-corrected chi connectivity index (χ0v) is 15.6. The Morgan fingerprint density at radius 2 is 2.23 bits per heavy atom. The van der Waals surface area contributed by atoms with Crippen molar-refractivity contribution in [2.24, 2.45) is 0 Å². The lowest BCUT2D eigenvalue weighted by molar-refractivity contribution is -0.130. The highest BCUT2D eigenvalue weighted by molar-refractivity contribution is 7.22. The Hall–Kier alpha value is -2.02. The molecule has 1 amide bonds. The van der Waals surface area contributed by atoms with Crippen LogP contribution in [-0.2, 0) is 14.3 Å². The van der Waals surface area contributed by atoms with Crippen LogP contribution in [0.25, 0.3) is 21.0 Å². The van der Waals surface area contributed by atoms with Gasteiger partial charge in [-0.25, -0.2) is 4.98 Å². The molecule has 1 aliphatic rings. The number of hydrogen-bond acceptors (Lipinski definition) is 5. The Labute approximate surface area is 156 Å². The molecule has 1 saturated heterocycles. The van der Waals surface area contributed by atoms with Gasteiger partial charge in [0, 0.05) is 12.0 Å². The summed E-state index contributed by atoms with van der Waals surface area (Å²) in [5.74, 6) is -0.177. The number of benzene rings is 2. The number of ether oxygens (including phenoxy) is 2. The molecule has 26 heavy (non-hydrogen) atoms. The Kier molecular flexibility index (Phi) is 5.15. The van der Waals surface area contributed by atoms with Crippen LogP contribution >= 0.6 is 11.3 Å². The largest absolute Gasteiger partial charge is 0.376 e. The van der Waals surface area contributed by atoms with Gasteiger partial charge in [-0.2, -0.15) is 0 Å². The molecule has 0 bridgehead atoms. The van der Waals surface area contributed by atoms with Gasteiger partial charge in [-0.15, -0.1) is 0 Å². The van der Waals surface area contributed by atoms with E-state index in [0.29, 0.717) is 11.7 Å². The van der Waals surface area contributed by atoms with E-state index in [1.165, 1.54) is 11.3 Å². The molecule has 5 nitrogen and oxygen atoms in total. The van der Waals surface area contributed by atoms with Crippen LogP contribution in [0.15, 0.2) is 36.4 Å². The molecule has 136 valence electrons. The number of aromatic nitrogens is 1. The van der Waals surface area contributed by atoms with Crippen LogP contribution in [0.5, 0.6) is 0 Å². The SMILES string of the molecule is CC(OCC1CCCCO1)C(=O)Nc1nc2c(ccc3ccccc32)s1. The highest BCUT2D eigenvalue weighted by Gasteiger charge is 2.20. The number of nitrogens with one attached hydrogen (secondary N) is 1. The molecule has 4 rings (SSSR count). The number of anilines is 1. The highest BCUT2D eigenvalue weighted by atomic mass is 32.1. The third-order valence-electron chi connectivity index (χ3n) is 4.69. The Balaban J connectivity index is 1.42. The molecule has 3 aromatic rings. The number of rotatable bonds is 5. The lowest BCUT2D eigenvalue weighted by Crippen LogP contribution is -2.32. The van der Waals surface area contributed by atoms with Gasteiger partial charge in [0.05, 0.1) is 22.9 Å². The summed E-state index contributed by atoms with van der Waals surface area (Å²) in [6.07, 6.45) is 2.84. The second-order valence-electron chi connectivity index (χ2n) is 6.61.